The van der Waals surface area contributed by atoms with E-state index >= 15 is 0 Å². The van der Waals surface area contributed by atoms with Crippen LogP contribution in [0.2, 0.25) is 0 Å². The molecule has 2 heterocycles. The summed E-state index contributed by atoms with van der Waals surface area (Å²) in [5, 5.41) is 6.53. The number of carbonyl (C=O) groups excluding carboxylic acids is 2. The maximum absolute atomic E-state index is 14.1. The molecule has 0 unspecified atom stereocenters. The van der Waals surface area contributed by atoms with Crippen molar-refractivity contribution < 1.29 is 23.2 Å². The second kappa shape index (κ2) is 8.92. The summed E-state index contributed by atoms with van der Waals surface area (Å²) in [6.07, 6.45) is 2.92. The van der Waals surface area contributed by atoms with Crippen LogP contribution in [0.25, 0.3) is 6.08 Å². The molecule has 156 valence electrons. The quantitative estimate of drug-likeness (QED) is 0.489. The molecular weight excluding hydrogens is 421 g/mol. The van der Waals surface area contributed by atoms with Crippen LogP contribution < -0.4 is 14.9 Å². The number of amidine groups is 1. The third-order valence-corrected chi connectivity index (χ3v) is 5.15. The average molecular weight is 438 g/mol. The van der Waals surface area contributed by atoms with Gasteiger partial charge in [-0.3, -0.25) is 24.3 Å². The van der Waals surface area contributed by atoms with Gasteiger partial charge in [0.2, 0.25) is 5.91 Å². The Labute approximate surface area is 181 Å². The predicted octanol–water partition coefficient (Wildman–Crippen LogP) is 2.75. The molecule has 3 aromatic rings. The maximum atomic E-state index is 14.1. The van der Waals surface area contributed by atoms with Crippen LogP contribution in [0.15, 0.2) is 76.0 Å². The summed E-state index contributed by atoms with van der Waals surface area (Å²) < 4.78 is 20.4. The SMILES string of the molecule is C[n+]1cc(NC(=O)CSC2=N/C(=C/c3ccccc3F)C(=O)N2c2ccccc2)on1. The smallest absolute Gasteiger partial charge is 0.288 e. The first-order valence-corrected chi connectivity index (χ1v) is 10.2. The number of aromatic nitrogens is 2. The van der Waals surface area contributed by atoms with Gasteiger partial charge in [-0.05, 0) is 24.3 Å². The molecule has 1 aromatic heterocycles. The molecule has 0 atom stereocenters. The standard InChI is InChI=1S/C21H16FN5O3S/c1-26-12-19(30-25-26)24-18(28)13-31-21-23-17(11-14-7-5-6-10-16(14)22)20(29)27(21)15-8-3-2-4-9-15/h2-12H,13H2,1H3/p+1/b17-11+. The molecule has 0 saturated heterocycles. The van der Waals surface area contributed by atoms with E-state index < -0.39 is 11.7 Å². The second-order valence-corrected chi connectivity index (χ2v) is 7.44. The number of rotatable bonds is 5. The van der Waals surface area contributed by atoms with Crippen molar-refractivity contribution >= 4 is 46.4 Å². The first-order chi connectivity index (χ1) is 15.0. The predicted molar refractivity (Wildman–Crippen MR) is 115 cm³/mol. The molecule has 0 fully saturated rings. The molecular formula is C21H17FN5O3S+. The fourth-order valence-corrected chi connectivity index (χ4v) is 3.63. The van der Waals surface area contributed by atoms with E-state index in [9.17, 15) is 14.0 Å². The van der Waals surface area contributed by atoms with Crippen LogP contribution in [0.1, 0.15) is 5.56 Å². The highest BCUT2D eigenvalue weighted by molar-refractivity contribution is 8.14. The molecule has 0 radical (unpaired) electrons. The van der Waals surface area contributed by atoms with Gasteiger partial charge in [-0.1, -0.05) is 52.8 Å². The van der Waals surface area contributed by atoms with Gasteiger partial charge >= 0.3 is 5.88 Å². The summed E-state index contributed by atoms with van der Waals surface area (Å²) in [4.78, 5) is 31.1. The van der Waals surface area contributed by atoms with Crippen molar-refractivity contribution in [3.05, 3.63) is 77.9 Å². The van der Waals surface area contributed by atoms with Crippen molar-refractivity contribution in [2.24, 2.45) is 12.0 Å². The van der Waals surface area contributed by atoms with Gasteiger partial charge in [-0.2, -0.15) is 0 Å². The lowest BCUT2D eigenvalue weighted by molar-refractivity contribution is -0.739. The van der Waals surface area contributed by atoms with E-state index in [-0.39, 0.29) is 28.8 Å². The number of anilines is 2. The van der Waals surface area contributed by atoms with Gasteiger partial charge in [0.25, 0.3) is 12.1 Å². The van der Waals surface area contributed by atoms with Gasteiger partial charge < -0.3 is 0 Å². The van der Waals surface area contributed by atoms with E-state index in [2.05, 4.69) is 15.6 Å². The highest BCUT2D eigenvalue weighted by atomic mass is 32.2. The van der Waals surface area contributed by atoms with E-state index in [1.165, 1.54) is 27.9 Å². The Kier molecular flexibility index (Phi) is 5.89. The largest absolute Gasteiger partial charge is 0.302 e. The minimum Gasteiger partial charge on any atom is -0.288 e. The Hall–Kier alpha value is -3.79. The summed E-state index contributed by atoms with van der Waals surface area (Å²) in [6, 6.07) is 15.1. The summed E-state index contributed by atoms with van der Waals surface area (Å²) in [7, 11) is 1.66. The van der Waals surface area contributed by atoms with E-state index in [4.69, 9.17) is 4.52 Å². The number of benzene rings is 2. The number of nitrogens with one attached hydrogen (secondary N) is 1. The topological polar surface area (TPSA) is 91.7 Å². The zero-order valence-electron chi connectivity index (χ0n) is 16.4. The lowest BCUT2D eigenvalue weighted by atomic mass is 10.1. The maximum Gasteiger partial charge on any atom is 0.302 e. The zero-order chi connectivity index (χ0) is 21.8. The van der Waals surface area contributed by atoms with E-state index in [1.807, 2.05) is 6.07 Å². The minimum absolute atomic E-state index is 0.0210. The van der Waals surface area contributed by atoms with Crippen molar-refractivity contribution in [3.8, 4) is 0 Å². The van der Waals surface area contributed by atoms with Crippen LogP contribution in [0.5, 0.6) is 0 Å². The first-order valence-electron chi connectivity index (χ1n) is 9.21. The van der Waals surface area contributed by atoms with E-state index in [0.29, 0.717) is 10.9 Å². The summed E-state index contributed by atoms with van der Waals surface area (Å²) in [6.45, 7) is 0. The highest BCUT2D eigenvalue weighted by Gasteiger charge is 2.32. The number of aliphatic imine (C=N–C) groups is 1. The lowest BCUT2D eigenvalue weighted by Crippen LogP contribution is -2.31. The fraction of sp³-hybridized carbons (Fsp3) is 0.0952. The van der Waals surface area contributed by atoms with Crippen molar-refractivity contribution in [1.29, 1.82) is 0 Å². The molecule has 1 N–H and O–H groups in total. The molecule has 0 saturated carbocycles. The van der Waals surface area contributed by atoms with Gasteiger partial charge in [0, 0.05) is 5.56 Å². The molecule has 2 aromatic carbocycles. The number of hydrogen-bond acceptors (Lipinski definition) is 6. The Bertz CT molecular complexity index is 1190. The molecule has 31 heavy (non-hydrogen) atoms. The number of para-hydroxylation sites is 1. The Balaban J connectivity index is 1.57. The van der Waals surface area contributed by atoms with Crippen LogP contribution in [0.3, 0.4) is 0 Å². The normalized spacial score (nSPS) is 14.8. The van der Waals surface area contributed by atoms with Crippen LogP contribution in [-0.2, 0) is 16.6 Å². The van der Waals surface area contributed by atoms with E-state index in [1.54, 1.807) is 49.5 Å². The number of hydrogen-bond donors (Lipinski definition) is 1. The number of amides is 2. The van der Waals surface area contributed by atoms with Crippen LogP contribution in [0.4, 0.5) is 16.0 Å². The molecule has 1 aliphatic heterocycles. The molecule has 0 spiro atoms. The number of nitrogens with zero attached hydrogens (tertiary/aromatic N) is 4. The molecule has 1 aliphatic rings. The molecule has 2 amide bonds. The van der Waals surface area contributed by atoms with Crippen LogP contribution in [-0.4, -0.2) is 28.0 Å². The van der Waals surface area contributed by atoms with Crippen LogP contribution >= 0.6 is 11.8 Å². The number of halogens is 1. The van der Waals surface area contributed by atoms with Gasteiger partial charge in [0.1, 0.15) is 11.5 Å². The van der Waals surface area contributed by atoms with Gasteiger partial charge in [0.15, 0.2) is 17.5 Å². The van der Waals surface area contributed by atoms with E-state index in [0.717, 1.165) is 11.8 Å². The van der Waals surface area contributed by atoms with Crippen LogP contribution in [0, 0.1) is 5.82 Å². The molecule has 10 heteroatoms. The van der Waals surface area contributed by atoms with Gasteiger partial charge in [-0.25, -0.2) is 9.38 Å². The second-order valence-electron chi connectivity index (χ2n) is 6.50. The average Bonchev–Trinajstić information content (AvgIpc) is 3.31. The van der Waals surface area contributed by atoms with Gasteiger partial charge in [0.05, 0.1) is 11.4 Å². The molecule has 0 aliphatic carbocycles. The van der Waals surface area contributed by atoms with Gasteiger partial charge in [-0.15, -0.1) is 0 Å². The Morgan fingerprint density at radius 2 is 1.97 bits per heavy atom. The third-order valence-electron chi connectivity index (χ3n) is 4.21. The lowest BCUT2D eigenvalue weighted by Gasteiger charge is -2.17. The minimum atomic E-state index is -0.454. The summed E-state index contributed by atoms with van der Waals surface area (Å²) in [5.41, 5.74) is 0.933. The Morgan fingerprint density at radius 1 is 1.23 bits per heavy atom. The zero-order valence-corrected chi connectivity index (χ0v) is 17.2. The highest BCUT2D eigenvalue weighted by Crippen LogP contribution is 2.29. The van der Waals surface area contributed by atoms with Crippen molar-refractivity contribution in [2.45, 2.75) is 0 Å². The van der Waals surface area contributed by atoms with Crippen molar-refractivity contribution in [2.75, 3.05) is 16.0 Å². The molecule has 4 rings (SSSR count). The number of thioether (sulfide) groups is 1. The molecule has 8 nitrogen and oxygen atoms in total. The summed E-state index contributed by atoms with van der Waals surface area (Å²) >= 11 is 1.08. The number of aryl methyl sites for hydroxylation is 1. The van der Waals surface area contributed by atoms with Crippen molar-refractivity contribution in [3.63, 3.8) is 0 Å². The molecule has 0 bridgehead atoms. The first kappa shape index (κ1) is 20.5. The third kappa shape index (κ3) is 4.69. The monoisotopic (exact) mass is 438 g/mol. The fourth-order valence-electron chi connectivity index (χ4n) is 2.82. The van der Waals surface area contributed by atoms with Crippen molar-refractivity contribution in [1.82, 2.24) is 5.27 Å². The summed E-state index contributed by atoms with van der Waals surface area (Å²) in [5.74, 6) is -1.02. The Morgan fingerprint density at radius 3 is 2.68 bits per heavy atom. The number of carbonyl (C=O) groups is 2.